The van der Waals surface area contributed by atoms with Crippen molar-refractivity contribution in [2.24, 2.45) is 4.99 Å². The zero-order valence-electron chi connectivity index (χ0n) is 9.82. The number of allylic oxidation sites excluding steroid dienone is 4. The molecule has 19 heavy (non-hydrogen) atoms. The Morgan fingerprint density at radius 1 is 1.05 bits per heavy atom. The van der Waals surface area contributed by atoms with Crippen molar-refractivity contribution in [1.82, 2.24) is 0 Å². The van der Waals surface area contributed by atoms with Gasteiger partial charge in [0.15, 0.2) is 11.5 Å². The van der Waals surface area contributed by atoms with Crippen LogP contribution >= 0.6 is 34.8 Å². The third-order valence-electron chi connectivity index (χ3n) is 2.18. The van der Waals surface area contributed by atoms with Crippen LogP contribution in [0.25, 0.3) is 0 Å². The second kappa shape index (κ2) is 6.93. The summed E-state index contributed by atoms with van der Waals surface area (Å²) in [6.07, 6.45) is 4.30. The van der Waals surface area contributed by atoms with Crippen molar-refractivity contribution in [3.8, 4) is 5.75 Å². The molecule has 1 N–H and O–H groups in total. The van der Waals surface area contributed by atoms with Gasteiger partial charge in [-0.1, -0.05) is 34.8 Å². The molecule has 0 amide bonds. The number of rotatable bonds is 1. The van der Waals surface area contributed by atoms with Crippen LogP contribution in [0.15, 0.2) is 40.4 Å². The minimum absolute atomic E-state index is 0. The van der Waals surface area contributed by atoms with E-state index in [-0.39, 0.29) is 56.2 Å². The van der Waals surface area contributed by atoms with Crippen LogP contribution in [0.1, 0.15) is 0 Å². The van der Waals surface area contributed by atoms with E-state index in [9.17, 15) is 9.90 Å². The van der Waals surface area contributed by atoms with Gasteiger partial charge in [0.25, 0.3) is 0 Å². The molecule has 0 atom stereocenters. The summed E-state index contributed by atoms with van der Waals surface area (Å²) in [6.45, 7) is 0. The van der Waals surface area contributed by atoms with E-state index < -0.39 is 0 Å². The first kappa shape index (κ1) is 16.8. The first-order valence-corrected chi connectivity index (χ1v) is 5.97. The molecule has 0 bridgehead atoms. The standard InChI is InChI=1S/C12H6Cl3NO2.Na/c13-8-3-6(1-2-11(8)17)16-7-4-9(14)12(18)10(15)5-7;/h1-5,18H;/q;+1. The summed E-state index contributed by atoms with van der Waals surface area (Å²) in [7, 11) is 0. The Bertz CT molecular complexity index is 600. The van der Waals surface area contributed by atoms with E-state index in [1.807, 2.05) is 0 Å². The summed E-state index contributed by atoms with van der Waals surface area (Å²) in [5, 5.41) is 9.71. The fourth-order valence-corrected chi connectivity index (χ4v) is 1.98. The monoisotopic (exact) mass is 324 g/mol. The molecule has 0 saturated heterocycles. The zero-order chi connectivity index (χ0) is 13.3. The Kier molecular flexibility index (Phi) is 6.12. The van der Waals surface area contributed by atoms with E-state index in [0.29, 0.717) is 11.4 Å². The predicted molar refractivity (Wildman–Crippen MR) is 73.3 cm³/mol. The SMILES string of the molecule is O=C1C=CC(=Nc2cc(Cl)c(O)c(Cl)c2)C=C1Cl.[Na+]. The number of hydrogen-bond acceptors (Lipinski definition) is 3. The first-order valence-electron chi connectivity index (χ1n) is 4.83. The Morgan fingerprint density at radius 3 is 2.16 bits per heavy atom. The van der Waals surface area contributed by atoms with Crippen LogP contribution in [-0.2, 0) is 4.79 Å². The van der Waals surface area contributed by atoms with Crippen LogP contribution in [0.5, 0.6) is 5.75 Å². The number of halogens is 3. The van der Waals surface area contributed by atoms with E-state index in [4.69, 9.17) is 34.8 Å². The Morgan fingerprint density at radius 2 is 1.63 bits per heavy atom. The molecule has 1 aromatic rings. The van der Waals surface area contributed by atoms with E-state index in [2.05, 4.69) is 4.99 Å². The third kappa shape index (κ3) is 4.09. The van der Waals surface area contributed by atoms with Gasteiger partial charge >= 0.3 is 29.6 Å². The van der Waals surface area contributed by atoms with Gasteiger partial charge in [-0.3, -0.25) is 4.79 Å². The van der Waals surface area contributed by atoms with Gasteiger partial charge < -0.3 is 5.11 Å². The minimum Gasteiger partial charge on any atom is -0.505 e. The molecule has 0 unspecified atom stereocenters. The molecule has 1 aliphatic rings. The topological polar surface area (TPSA) is 49.7 Å². The van der Waals surface area contributed by atoms with Crippen molar-refractivity contribution >= 4 is 52.0 Å². The smallest absolute Gasteiger partial charge is 0.505 e. The minimum atomic E-state index is -0.266. The number of carbonyl (C=O) groups excluding carboxylic acids is 1. The summed E-state index contributed by atoms with van der Waals surface area (Å²) < 4.78 is 0. The largest absolute Gasteiger partial charge is 1.00 e. The van der Waals surface area contributed by atoms with Gasteiger partial charge in [0.1, 0.15) is 0 Å². The number of aromatic hydroxyl groups is 1. The van der Waals surface area contributed by atoms with Crippen molar-refractivity contribution < 1.29 is 39.5 Å². The number of benzene rings is 1. The molecule has 0 heterocycles. The number of hydrogen-bond donors (Lipinski definition) is 1. The quantitative estimate of drug-likeness (QED) is 0.619. The second-order valence-electron chi connectivity index (χ2n) is 3.48. The third-order valence-corrected chi connectivity index (χ3v) is 3.05. The molecule has 1 aromatic carbocycles. The number of nitrogens with zero attached hydrogens (tertiary/aromatic N) is 1. The zero-order valence-corrected chi connectivity index (χ0v) is 14.1. The predicted octanol–water partition coefficient (Wildman–Crippen LogP) is 1.04. The molecule has 1 aliphatic carbocycles. The Labute approximate surface area is 146 Å². The molecule has 0 aliphatic heterocycles. The number of phenols is 1. The summed E-state index contributed by atoms with van der Waals surface area (Å²) in [5.41, 5.74) is 0.954. The van der Waals surface area contributed by atoms with E-state index in [1.165, 1.54) is 30.4 Å². The number of carbonyl (C=O) groups is 1. The maximum atomic E-state index is 11.1. The molecule has 0 fully saturated rings. The molecule has 2 rings (SSSR count). The first-order chi connectivity index (χ1) is 8.47. The molecule has 3 nitrogen and oxygen atoms in total. The van der Waals surface area contributed by atoms with Crippen molar-refractivity contribution in [2.75, 3.05) is 0 Å². The summed E-state index contributed by atoms with van der Waals surface area (Å²) in [6, 6.07) is 2.92. The number of aliphatic imine (C=N–C) groups is 1. The maximum absolute atomic E-state index is 11.1. The average Bonchev–Trinajstić information content (AvgIpc) is 2.31. The summed E-state index contributed by atoms with van der Waals surface area (Å²) >= 11 is 17.2. The molecular formula is C12H6Cl3NNaO2+. The molecule has 0 spiro atoms. The fraction of sp³-hybridized carbons (Fsp3) is 0. The van der Waals surface area contributed by atoms with Crippen LogP contribution in [0.2, 0.25) is 10.0 Å². The normalized spacial score (nSPS) is 16.3. The average molecular weight is 326 g/mol. The van der Waals surface area contributed by atoms with Crippen LogP contribution in [0, 0.1) is 0 Å². The van der Waals surface area contributed by atoms with Crippen LogP contribution in [0.4, 0.5) is 5.69 Å². The van der Waals surface area contributed by atoms with Gasteiger partial charge in [0.05, 0.1) is 26.5 Å². The van der Waals surface area contributed by atoms with E-state index in [1.54, 1.807) is 0 Å². The van der Waals surface area contributed by atoms with Gasteiger partial charge in [0.2, 0.25) is 0 Å². The van der Waals surface area contributed by atoms with Gasteiger partial charge in [-0.05, 0) is 30.4 Å². The molecule has 7 heteroatoms. The number of phenolic OH excluding ortho intramolecular Hbond substituents is 1. The van der Waals surface area contributed by atoms with Crippen molar-refractivity contribution in [3.63, 3.8) is 0 Å². The molecular weight excluding hydrogens is 319 g/mol. The van der Waals surface area contributed by atoms with Crippen molar-refractivity contribution in [1.29, 1.82) is 0 Å². The Hall–Kier alpha value is -0.290. The van der Waals surface area contributed by atoms with Crippen LogP contribution in [0.3, 0.4) is 0 Å². The Balaban J connectivity index is 0.00000180. The van der Waals surface area contributed by atoms with Gasteiger partial charge in [-0.15, -0.1) is 0 Å². The maximum Gasteiger partial charge on any atom is 1.00 e. The summed E-state index contributed by atoms with van der Waals surface area (Å²) in [4.78, 5) is 15.3. The van der Waals surface area contributed by atoms with Gasteiger partial charge in [-0.2, -0.15) is 0 Å². The number of ketones is 1. The van der Waals surface area contributed by atoms with Gasteiger partial charge in [-0.25, -0.2) is 4.99 Å². The van der Waals surface area contributed by atoms with E-state index >= 15 is 0 Å². The molecule has 92 valence electrons. The summed E-state index contributed by atoms with van der Waals surface area (Å²) in [5.74, 6) is -0.456. The van der Waals surface area contributed by atoms with Crippen molar-refractivity contribution in [2.45, 2.75) is 0 Å². The second-order valence-corrected chi connectivity index (χ2v) is 4.71. The van der Waals surface area contributed by atoms with Gasteiger partial charge in [0, 0.05) is 0 Å². The fourth-order valence-electron chi connectivity index (χ4n) is 1.33. The van der Waals surface area contributed by atoms with Crippen molar-refractivity contribution in [3.05, 3.63) is 45.4 Å². The van der Waals surface area contributed by atoms with E-state index in [0.717, 1.165) is 0 Å². The molecule has 0 aromatic heterocycles. The van der Waals surface area contributed by atoms with Crippen LogP contribution < -0.4 is 29.6 Å². The van der Waals surface area contributed by atoms with Crippen LogP contribution in [-0.4, -0.2) is 16.6 Å². The molecule has 0 saturated carbocycles. The molecule has 0 radical (unpaired) electrons.